The van der Waals surface area contributed by atoms with Gasteiger partial charge >= 0.3 is 0 Å². The van der Waals surface area contributed by atoms with E-state index in [4.69, 9.17) is 11.0 Å². The fourth-order valence-electron chi connectivity index (χ4n) is 1.75. The highest BCUT2D eigenvalue weighted by molar-refractivity contribution is 5.69. The second-order valence-electron chi connectivity index (χ2n) is 3.82. The van der Waals surface area contributed by atoms with Gasteiger partial charge < -0.3 is 5.73 Å². The normalized spacial score (nSPS) is 9.75. The van der Waals surface area contributed by atoms with Crippen molar-refractivity contribution in [3.63, 3.8) is 0 Å². The number of rotatable bonds is 1. The van der Waals surface area contributed by atoms with Crippen LogP contribution in [0.25, 0.3) is 11.1 Å². The molecule has 0 spiro atoms. The Morgan fingerprint density at radius 2 is 1.88 bits per heavy atom. The standard InChI is InChI=1S/C14H12N2/c1-10-5-13(8-14(16)6-10)12-4-2-3-11(7-12)9-15/h2-8H,16H2,1H3. The Labute approximate surface area is 95.0 Å². The molecule has 2 rings (SSSR count). The minimum Gasteiger partial charge on any atom is -0.399 e. The first-order valence-corrected chi connectivity index (χ1v) is 5.07. The summed E-state index contributed by atoms with van der Waals surface area (Å²) in [6.45, 7) is 2.01. The van der Waals surface area contributed by atoms with Gasteiger partial charge in [-0.25, -0.2) is 0 Å². The van der Waals surface area contributed by atoms with Crippen LogP contribution in [0.1, 0.15) is 11.1 Å². The van der Waals surface area contributed by atoms with Gasteiger partial charge in [-0.1, -0.05) is 18.2 Å². The molecule has 0 unspecified atom stereocenters. The minimum atomic E-state index is 0.664. The summed E-state index contributed by atoms with van der Waals surface area (Å²) >= 11 is 0. The van der Waals surface area contributed by atoms with E-state index in [-0.39, 0.29) is 0 Å². The first-order chi connectivity index (χ1) is 7.69. The van der Waals surface area contributed by atoms with Crippen molar-refractivity contribution < 1.29 is 0 Å². The molecule has 0 radical (unpaired) electrons. The molecule has 0 aliphatic carbocycles. The average molecular weight is 208 g/mol. The number of nitriles is 1. The Balaban J connectivity index is 2.54. The molecule has 0 aliphatic rings. The van der Waals surface area contributed by atoms with Crippen LogP contribution >= 0.6 is 0 Å². The van der Waals surface area contributed by atoms with Gasteiger partial charge in [-0.2, -0.15) is 5.26 Å². The Morgan fingerprint density at radius 1 is 1.06 bits per heavy atom. The van der Waals surface area contributed by atoms with E-state index in [2.05, 4.69) is 12.1 Å². The lowest BCUT2D eigenvalue weighted by Crippen LogP contribution is -1.88. The van der Waals surface area contributed by atoms with Gasteiger partial charge in [0.1, 0.15) is 0 Å². The van der Waals surface area contributed by atoms with Crippen molar-refractivity contribution in [1.29, 1.82) is 5.26 Å². The Hall–Kier alpha value is -2.27. The van der Waals surface area contributed by atoms with Crippen LogP contribution in [0.2, 0.25) is 0 Å². The number of hydrogen-bond donors (Lipinski definition) is 1. The van der Waals surface area contributed by atoms with Crippen molar-refractivity contribution in [3.05, 3.63) is 53.6 Å². The van der Waals surface area contributed by atoms with Gasteiger partial charge in [-0.3, -0.25) is 0 Å². The lowest BCUT2D eigenvalue weighted by Gasteiger charge is -2.05. The molecule has 0 amide bonds. The molecule has 0 saturated carbocycles. The first kappa shape index (κ1) is 10.3. The second-order valence-corrected chi connectivity index (χ2v) is 3.82. The predicted octanol–water partition coefficient (Wildman–Crippen LogP) is 3.12. The summed E-state index contributed by atoms with van der Waals surface area (Å²) in [4.78, 5) is 0. The molecule has 0 atom stereocenters. The molecule has 2 nitrogen and oxygen atoms in total. The summed E-state index contributed by atoms with van der Waals surface area (Å²) in [7, 11) is 0. The molecular weight excluding hydrogens is 196 g/mol. The summed E-state index contributed by atoms with van der Waals surface area (Å²) in [5.74, 6) is 0. The quantitative estimate of drug-likeness (QED) is 0.732. The van der Waals surface area contributed by atoms with Gasteiger partial charge in [0.05, 0.1) is 11.6 Å². The number of nitrogen functional groups attached to an aromatic ring is 1. The highest BCUT2D eigenvalue weighted by Crippen LogP contribution is 2.23. The molecule has 0 bridgehead atoms. The average Bonchev–Trinajstić information content (AvgIpc) is 2.28. The van der Waals surface area contributed by atoms with Crippen molar-refractivity contribution >= 4 is 5.69 Å². The number of anilines is 1. The van der Waals surface area contributed by atoms with E-state index in [1.165, 1.54) is 0 Å². The molecule has 2 N–H and O–H groups in total. The van der Waals surface area contributed by atoms with E-state index in [1.54, 1.807) is 6.07 Å². The van der Waals surface area contributed by atoms with E-state index >= 15 is 0 Å². The lowest BCUT2D eigenvalue weighted by atomic mass is 10.0. The molecule has 16 heavy (non-hydrogen) atoms. The smallest absolute Gasteiger partial charge is 0.0991 e. The highest BCUT2D eigenvalue weighted by atomic mass is 14.5. The monoisotopic (exact) mass is 208 g/mol. The van der Waals surface area contributed by atoms with Crippen molar-refractivity contribution in [2.24, 2.45) is 0 Å². The van der Waals surface area contributed by atoms with Crippen LogP contribution in [0.3, 0.4) is 0 Å². The van der Waals surface area contributed by atoms with E-state index < -0.39 is 0 Å². The first-order valence-electron chi connectivity index (χ1n) is 5.07. The summed E-state index contributed by atoms with van der Waals surface area (Å²) in [5, 5.41) is 8.84. The van der Waals surface area contributed by atoms with Crippen LogP contribution in [0.5, 0.6) is 0 Å². The highest BCUT2D eigenvalue weighted by Gasteiger charge is 2.00. The molecule has 0 heterocycles. The molecule has 2 aromatic carbocycles. The van der Waals surface area contributed by atoms with E-state index in [1.807, 2.05) is 37.3 Å². The van der Waals surface area contributed by atoms with E-state index in [9.17, 15) is 0 Å². The fraction of sp³-hybridized carbons (Fsp3) is 0.0714. The van der Waals surface area contributed by atoms with Gasteiger partial charge in [-0.05, 0) is 47.9 Å². The zero-order valence-corrected chi connectivity index (χ0v) is 9.07. The van der Waals surface area contributed by atoms with Gasteiger partial charge in [-0.15, -0.1) is 0 Å². The van der Waals surface area contributed by atoms with Gasteiger partial charge in [0, 0.05) is 5.69 Å². The van der Waals surface area contributed by atoms with E-state index in [0.29, 0.717) is 5.56 Å². The topological polar surface area (TPSA) is 49.8 Å². The number of nitrogens with zero attached hydrogens (tertiary/aromatic N) is 1. The number of benzene rings is 2. The third kappa shape index (κ3) is 2.04. The van der Waals surface area contributed by atoms with Crippen LogP contribution in [0, 0.1) is 18.3 Å². The SMILES string of the molecule is Cc1cc(N)cc(-c2cccc(C#N)c2)c1. The lowest BCUT2D eigenvalue weighted by molar-refractivity contribution is 1.45. The van der Waals surface area contributed by atoms with Crippen LogP contribution in [-0.2, 0) is 0 Å². The third-order valence-electron chi connectivity index (χ3n) is 2.42. The molecular formula is C14H12N2. The van der Waals surface area contributed by atoms with Crippen molar-refractivity contribution in [2.45, 2.75) is 6.92 Å². The van der Waals surface area contributed by atoms with Crippen LogP contribution in [0.4, 0.5) is 5.69 Å². The second kappa shape index (κ2) is 4.08. The zero-order valence-electron chi connectivity index (χ0n) is 9.07. The summed E-state index contributed by atoms with van der Waals surface area (Å²) in [6.07, 6.45) is 0. The van der Waals surface area contributed by atoms with E-state index in [0.717, 1.165) is 22.4 Å². The third-order valence-corrected chi connectivity index (χ3v) is 2.42. The Morgan fingerprint density at radius 3 is 2.56 bits per heavy atom. The maximum Gasteiger partial charge on any atom is 0.0991 e. The summed E-state index contributed by atoms with van der Waals surface area (Å²) in [6, 6.07) is 15.6. The van der Waals surface area contributed by atoms with Crippen molar-refractivity contribution in [3.8, 4) is 17.2 Å². The molecule has 78 valence electrons. The van der Waals surface area contributed by atoms with Crippen molar-refractivity contribution in [2.75, 3.05) is 5.73 Å². The maximum absolute atomic E-state index is 8.84. The van der Waals surface area contributed by atoms with Gasteiger partial charge in [0.25, 0.3) is 0 Å². The summed E-state index contributed by atoms with van der Waals surface area (Å²) < 4.78 is 0. The van der Waals surface area contributed by atoms with Crippen LogP contribution in [-0.4, -0.2) is 0 Å². The number of aryl methyl sites for hydroxylation is 1. The van der Waals surface area contributed by atoms with Gasteiger partial charge in [0.15, 0.2) is 0 Å². The minimum absolute atomic E-state index is 0.664. The molecule has 2 aromatic rings. The Kier molecular flexibility index (Phi) is 2.61. The molecule has 0 fully saturated rings. The zero-order chi connectivity index (χ0) is 11.5. The molecule has 0 saturated heterocycles. The molecule has 0 aliphatic heterocycles. The fourth-order valence-corrected chi connectivity index (χ4v) is 1.75. The summed E-state index contributed by atoms with van der Waals surface area (Å²) in [5.41, 5.74) is 10.4. The molecule has 0 aromatic heterocycles. The largest absolute Gasteiger partial charge is 0.399 e. The predicted molar refractivity (Wildman–Crippen MR) is 65.7 cm³/mol. The maximum atomic E-state index is 8.84. The van der Waals surface area contributed by atoms with Crippen LogP contribution in [0.15, 0.2) is 42.5 Å². The molecule has 2 heteroatoms. The van der Waals surface area contributed by atoms with Gasteiger partial charge in [0.2, 0.25) is 0 Å². The number of nitrogens with two attached hydrogens (primary N) is 1. The Bertz CT molecular complexity index is 545. The van der Waals surface area contributed by atoms with Crippen LogP contribution < -0.4 is 5.73 Å². The van der Waals surface area contributed by atoms with Crippen molar-refractivity contribution in [1.82, 2.24) is 0 Å². The number of hydrogen-bond acceptors (Lipinski definition) is 2.